The number of nitrogens with one attached hydrogen (secondary N) is 1. The summed E-state index contributed by atoms with van der Waals surface area (Å²) in [5, 5.41) is 15.8. The number of hydrogen-bond acceptors (Lipinski definition) is 4. The van der Waals surface area contributed by atoms with Crippen LogP contribution in [0.4, 0.5) is 0 Å². The van der Waals surface area contributed by atoms with E-state index in [1.807, 2.05) is 31.2 Å². The van der Waals surface area contributed by atoms with Crippen LogP contribution in [0.25, 0.3) is 12.2 Å². The molecule has 0 radical (unpaired) electrons. The lowest BCUT2D eigenvalue weighted by atomic mass is 10.2. The summed E-state index contributed by atoms with van der Waals surface area (Å²) in [7, 11) is 0. The molecule has 1 aromatic carbocycles. The number of H-pyrrole nitrogens is 1. The highest BCUT2D eigenvalue weighted by Crippen LogP contribution is 2.12. The maximum atomic E-state index is 9.16. The van der Waals surface area contributed by atoms with Gasteiger partial charge >= 0.3 is 0 Å². The van der Waals surface area contributed by atoms with Gasteiger partial charge in [0.2, 0.25) is 4.77 Å². The first kappa shape index (κ1) is 11.5. The van der Waals surface area contributed by atoms with Gasteiger partial charge in [0.15, 0.2) is 0 Å². The highest BCUT2D eigenvalue weighted by molar-refractivity contribution is 7.71. The standard InChI is InChI=1S/C12H11N3OS/c1-8-11(13-12(17)15-14-8)7-4-9-2-5-10(16)6-3-9/h2-7,16H,1H3,(H,13,15,17). The number of nitrogens with zero attached hydrogens (tertiary/aromatic N) is 2. The molecule has 2 N–H and O–H groups in total. The largest absolute Gasteiger partial charge is 0.508 e. The number of benzene rings is 1. The first-order valence-corrected chi connectivity index (χ1v) is 5.46. The summed E-state index contributed by atoms with van der Waals surface area (Å²) in [6, 6.07) is 6.90. The van der Waals surface area contributed by atoms with Gasteiger partial charge in [0.05, 0.1) is 11.4 Å². The van der Waals surface area contributed by atoms with E-state index in [4.69, 9.17) is 17.3 Å². The van der Waals surface area contributed by atoms with E-state index in [2.05, 4.69) is 15.2 Å². The molecule has 17 heavy (non-hydrogen) atoms. The van der Waals surface area contributed by atoms with Crippen molar-refractivity contribution in [3.05, 3.63) is 46.0 Å². The Morgan fingerprint density at radius 1 is 1.24 bits per heavy atom. The summed E-state index contributed by atoms with van der Waals surface area (Å²) in [5.74, 6) is 0.250. The molecule has 0 fully saturated rings. The molecular formula is C12H11N3OS. The minimum atomic E-state index is 0.250. The molecule has 4 nitrogen and oxygen atoms in total. The Morgan fingerprint density at radius 3 is 2.65 bits per heavy atom. The molecule has 0 bridgehead atoms. The molecule has 1 aromatic heterocycles. The molecule has 0 saturated heterocycles. The average Bonchev–Trinajstić information content (AvgIpc) is 2.32. The summed E-state index contributed by atoms with van der Waals surface area (Å²) in [6.45, 7) is 1.86. The summed E-state index contributed by atoms with van der Waals surface area (Å²) in [5.41, 5.74) is 2.50. The molecule has 0 amide bonds. The van der Waals surface area contributed by atoms with Crippen LogP contribution >= 0.6 is 12.2 Å². The second kappa shape index (κ2) is 4.88. The number of phenols is 1. The molecule has 86 valence electrons. The van der Waals surface area contributed by atoms with Gasteiger partial charge in [-0.3, -0.25) is 5.10 Å². The Labute approximate surface area is 104 Å². The Hall–Kier alpha value is -2.01. The van der Waals surface area contributed by atoms with Gasteiger partial charge in [-0.25, -0.2) is 4.98 Å². The smallest absolute Gasteiger partial charge is 0.214 e. The van der Waals surface area contributed by atoms with Crippen molar-refractivity contribution >= 4 is 24.4 Å². The van der Waals surface area contributed by atoms with Crippen molar-refractivity contribution in [2.75, 3.05) is 0 Å². The molecule has 0 unspecified atom stereocenters. The summed E-state index contributed by atoms with van der Waals surface area (Å²) < 4.78 is 0.362. The Balaban J connectivity index is 2.28. The zero-order chi connectivity index (χ0) is 12.3. The monoisotopic (exact) mass is 245 g/mol. The Kier molecular flexibility index (Phi) is 3.30. The maximum absolute atomic E-state index is 9.16. The molecule has 0 aliphatic rings. The lowest BCUT2D eigenvalue weighted by Gasteiger charge is -1.97. The molecule has 0 aliphatic carbocycles. The third kappa shape index (κ3) is 2.98. The van der Waals surface area contributed by atoms with E-state index in [0.29, 0.717) is 4.77 Å². The van der Waals surface area contributed by atoms with E-state index >= 15 is 0 Å². The lowest BCUT2D eigenvalue weighted by molar-refractivity contribution is 0.475. The number of rotatable bonds is 2. The van der Waals surface area contributed by atoms with E-state index in [9.17, 15) is 0 Å². The Morgan fingerprint density at radius 2 is 1.94 bits per heavy atom. The number of hydrogen-bond donors (Lipinski definition) is 2. The van der Waals surface area contributed by atoms with Crippen molar-refractivity contribution < 1.29 is 5.11 Å². The fourth-order valence-electron chi connectivity index (χ4n) is 1.32. The van der Waals surface area contributed by atoms with E-state index in [0.717, 1.165) is 17.0 Å². The topological polar surface area (TPSA) is 61.8 Å². The van der Waals surface area contributed by atoms with Gasteiger partial charge in [-0.1, -0.05) is 18.2 Å². The first-order chi connectivity index (χ1) is 8.15. The molecule has 2 aromatic rings. The van der Waals surface area contributed by atoms with Crippen LogP contribution in [-0.2, 0) is 0 Å². The van der Waals surface area contributed by atoms with Gasteiger partial charge in [0.1, 0.15) is 5.75 Å². The van der Waals surface area contributed by atoms with Crippen LogP contribution in [0, 0.1) is 11.7 Å². The van der Waals surface area contributed by atoms with Crippen LogP contribution in [-0.4, -0.2) is 20.3 Å². The SMILES string of the molecule is Cc1n[nH]c(=S)nc1C=Cc1ccc(O)cc1. The van der Waals surface area contributed by atoms with Crippen molar-refractivity contribution in [3.8, 4) is 5.75 Å². The normalized spacial score (nSPS) is 10.9. The van der Waals surface area contributed by atoms with Gasteiger partial charge in [0, 0.05) is 0 Å². The van der Waals surface area contributed by atoms with Crippen LogP contribution in [0.3, 0.4) is 0 Å². The quantitative estimate of drug-likeness (QED) is 0.799. The highest BCUT2D eigenvalue weighted by Gasteiger charge is 1.96. The van der Waals surface area contributed by atoms with Crippen molar-refractivity contribution in [2.45, 2.75) is 6.92 Å². The molecular weight excluding hydrogens is 234 g/mol. The Bertz CT molecular complexity index is 602. The van der Waals surface area contributed by atoms with Crippen molar-refractivity contribution in [1.82, 2.24) is 15.2 Å². The fraction of sp³-hybridized carbons (Fsp3) is 0.0833. The molecule has 1 heterocycles. The maximum Gasteiger partial charge on any atom is 0.214 e. The number of phenolic OH excluding ortho intramolecular Hbond substituents is 1. The molecule has 0 atom stereocenters. The summed E-state index contributed by atoms with van der Waals surface area (Å²) in [4.78, 5) is 4.17. The summed E-state index contributed by atoms with van der Waals surface area (Å²) in [6.07, 6.45) is 3.74. The van der Waals surface area contributed by atoms with Crippen molar-refractivity contribution in [3.63, 3.8) is 0 Å². The van der Waals surface area contributed by atoms with Gasteiger partial charge in [-0.05, 0) is 42.9 Å². The molecule has 0 saturated carbocycles. The van der Waals surface area contributed by atoms with Crippen LogP contribution in [0.2, 0.25) is 0 Å². The molecule has 0 spiro atoms. The van der Waals surface area contributed by atoms with E-state index in [-0.39, 0.29) is 5.75 Å². The van der Waals surface area contributed by atoms with Gasteiger partial charge in [0.25, 0.3) is 0 Å². The third-order valence-electron chi connectivity index (χ3n) is 2.24. The van der Waals surface area contributed by atoms with E-state index < -0.39 is 0 Å². The average molecular weight is 245 g/mol. The zero-order valence-electron chi connectivity index (χ0n) is 9.21. The molecule has 2 rings (SSSR count). The summed E-state index contributed by atoms with van der Waals surface area (Å²) >= 11 is 4.91. The van der Waals surface area contributed by atoms with Crippen LogP contribution < -0.4 is 0 Å². The predicted octanol–water partition coefficient (Wildman–Crippen LogP) is 2.72. The van der Waals surface area contributed by atoms with Gasteiger partial charge in [-0.2, -0.15) is 5.10 Å². The first-order valence-electron chi connectivity index (χ1n) is 5.05. The van der Waals surface area contributed by atoms with Gasteiger partial charge < -0.3 is 5.11 Å². The number of aromatic hydroxyl groups is 1. The van der Waals surface area contributed by atoms with Crippen molar-refractivity contribution in [2.24, 2.45) is 0 Å². The van der Waals surface area contributed by atoms with Crippen LogP contribution in [0.1, 0.15) is 17.0 Å². The highest BCUT2D eigenvalue weighted by atomic mass is 32.1. The zero-order valence-corrected chi connectivity index (χ0v) is 10.0. The van der Waals surface area contributed by atoms with Crippen LogP contribution in [0.5, 0.6) is 5.75 Å². The second-order valence-corrected chi connectivity index (χ2v) is 3.92. The molecule has 5 heteroatoms. The minimum absolute atomic E-state index is 0.250. The fourth-order valence-corrected chi connectivity index (χ4v) is 1.47. The van der Waals surface area contributed by atoms with Crippen molar-refractivity contribution in [1.29, 1.82) is 0 Å². The lowest BCUT2D eigenvalue weighted by Crippen LogP contribution is -1.95. The number of aromatic amines is 1. The second-order valence-electron chi connectivity index (χ2n) is 3.54. The van der Waals surface area contributed by atoms with Crippen LogP contribution in [0.15, 0.2) is 24.3 Å². The molecule has 0 aliphatic heterocycles. The number of aryl methyl sites for hydroxylation is 1. The minimum Gasteiger partial charge on any atom is -0.508 e. The van der Waals surface area contributed by atoms with E-state index in [1.54, 1.807) is 12.1 Å². The third-order valence-corrected chi connectivity index (χ3v) is 2.42. The van der Waals surface area contributed by atoms with Gasteiger partial charge in [-0.15, -0.1) is 0 Å². The number of aromatic nitrogens is 3. The van der Waals surface area contributed by atoms with E-state index in [1.165, 1.54) is 0 Å². The predicted molar refractivity (Wildman–Crippen MR) is 69.0 cm³/mol.